The normalized spacial score (nSPS) is 10.9. The fourth-order valence-electron chi connectivity index (χ4n) is 1.63. The molecule has 0 saturated heterocycles. The molecule has 1 aromatic rings. The van der Waals surface area contributed by atoms with Gasteiger partial charge in [-0.1, -0.05) is 0 Å². The summed E-state index contributed by atoms with van der Waals surface area (Å²) in [5.41, 5.74) is 7.51. The zero-order valence-electron chi connectivity index (χ0n) is 10.6. The maximum absolute atomic E-state index is 8.93. The molecule has 0 radical (unpaired) electrons. The van der Waals surface area contributed by atoms with Crippen molar-refractivity contribution in [1.29, 1.82) is 0 Å². The smallest absolute Gasteiger partial charge is 0.143 e. The van der Waals surface area contributed by atoms with Gasteiger partial charge < -0.3 is 15.7 Å². The number of halogens is 1. The van der Waals surface area contributed by atoms with E-state index >= 15 is 0 Å². The first kappa shape index (κ1) is 14.3. The van der Waals surface area contributed by atoms with E-state index in [1.54, 1.807) is 6.20 Å². The van der Waals surface area contributed by atoms with Crippen LogP contribution in [0.4, 0.5) is 11.5 Å². The molecule has 1 rings (SSSR count). The number of aliphatic hydroxyl groups excluding tert-OH is 1. The number of nitrogens with two attached hydrogens (primary N) is 1. The topological polar surface area (TPSA) is 62.4 Å². The lowest BCUT2D eigenvalue weighted by atomic mass is 10.2. The quantitative estimate of drug-likeness (QED) is 0.876. The van der Waals surface area contributed by atoms with Crippen LogP contribution in [0.3, 0.4) is 0 Å². The van der Waals surface area contributed by atoms with Crippen LogP contribution in [-0.4, -0.2) is 29.3 Å². The zero-order valence-corrected chi connectivity index (χ0v) is 12.2. The zero-order chi connectivity index (χ0) is 13.0. The highest BCUT2D eigenvalue weighted by Crippen LogP contribution is 2.31. The Labute approximate surface area is 111 Å². The van der Waals surface area contributed by atoms with Crippen molar-refractivity contribution in [2.75, 3.05) is 23.8 Å². The van der Waals surface area contributed by atoms with E-state index in [1.807, 2.05) is 6.92 Å². The predicted molar refractivity (Wildman–Crippen MR) is 75.3 cm³/mol. The van der Waals surface area contributed by atoms with E-state index in [0.29, 0.717) is 11.7 Å². The second-order valence-electron chi connectivity index (χ2n) is 4.34. The molecule has 0 fully saturated rings. The van der Waals surface area contributed by atoms with Crippen molar-refractivity contribution in [2.45, 2.75) is 33.2 Å². The fraction of sp³-hybridized carbons (Fsp3) is 0.583. The Hall–Kier alpha value is -0.810. The van der Waals surface area contributed by atoms with Crippen LogP contribution < -0.4 is 10.6 Å². The maximum Gasteiger partial charge on any atom is 0.143 e. The highest BCUT2D eigenvalue weighted by atomic mass is 79.9. The Balaban J connectivity index is 3.06. The molecule has 0 bridgehead atoms. The Morgan fingerprint density at radius 1 is 1.53 bits per heavy atom. The molecule has 0 amide bonds. The Morgan fingerprint density at radius 3 is 2.71 bits per heavy atom. The molecule has 0 spiro atoms. The molecule has 17 heavy (non-hydrogen) atoms. The molecule has 96 valence electrons. The molecule has 3 N–H and O–H groups in total. The second-order valence-corrected chi connectivity index (χ2v) is 5.13. The van der Waals surface area contributed by atoms with Gasteiger partial charge in [0.2, 0.25) is 0 Å². The van der Waals surface area contributed by atoms with Gasteiger partial charge in [0.1, 0.15) is 5.82 Å². The minimum absolute atomic E-state index is 0.189. The van der Waals surface area contributed by atoms with Crippen LogP contribution in [0.2, 0.25) is 0 Å². The van der Waals surface area contributed by atoms with Crippen LogP contribution in [0.15, 0.2) is 10.7 Å². The predicted octanol–water partition coefficient (Wildman–Crippen LogP) is 2.33. The summed E-state index contributed by atoms with van der Waals surface area (Å²) in [6, 6.07) is 0.327. The van der Waals surface area contributed by atoms with Gasteiger partial charge in [-0.05, 0) is 48.7 Å². The van der Waals surface area contributed by atoms with Crippen LogP contribution in [0.25, 0.3) is 0 Å². The van der Waals surface area contributed by atoms with E-state index in [1.165, 1.54) is 0 Å². The summed E-state index contributed by atoms with van der Waals surface area (Å²) < 4.78 is 0.934. The van der Waals surface area contributed by atoms with Crippen molar-refractivity contribution < 1.29 is 5.11 Å². The van der Waals surface area contributed by atoms with Gasteiger partial charge in [-0.15, -0.1) is 0 Å². The largest absolute Gasteiger partial charge is 0.397 e. The van der Waals surface area contributed by atoms with Gasteiger partial charge in [-0.3, -0.25) is 0 Å². The Kier molecular flexibility index (Phi) is 5.21. The Bertz CT molecular complexity index is 382. The first-order valence-electron chi connectivity index (χ1n) is 5.77. The van der Waals surface area contributed by atoms with Gasteiger partial charge >= 0.3 is 0 Å². The Morgan fingerprint density at radius 2 is 2.18 bits per heavy atom. The maximum atomic E-state index is 8.93. The number of anilines is 2. The summed E-state index contributed by atoms with van der Waals surface area (Å²) >= 11 is 3.55. The summed E-state index contributed by atoms with van der Waals surface area (Å²) in [6.45, 7) is 7.15. The molecule has 5 heteroatoms. The average molecular weight is 302 g/mol. The minimum atomic E-state index is 0.189. The SMILES string of the molecule is Cc1c(N)cnc(N(CCCO)C(C)C)c1Br. The summed E-state index contributed by atoms with van der Waals surface area (Å²) in [7, 11) is 0. The number of hydrogen-bond acceptors (Lipinski definition) is 4. The molecular formula is C12H20BrN3O. The minimum Gasteiger partial charge on any atom is -0.397 e. The summed E-state index contributed by atoms with van der Waals surface area (Å²) in [6.07, 6.45) is 2.42. The second kappa shape index (κ2) is 6.21. The van der Waals surface area contributed by atoms with Gasteiger partial charge in [0.05, 0.1) is 16.4 Å². The van der Waals surface area contributed by atoms with Crippen molar-refractivity contribution in [3.63, 3.8) is 0 Å². The highest BCUT2D eigenvalue weighted by Gasteiger charge is 2.16. The van der Waals surface area contributed by atoms with Crippen molar-refractivity contribution in [3.05, 3.63) is 16.2 Å². The van der Waals surface area contributed by atoms with Crippen LogP contribution in [-0.2, 0) is 0 Å². The first-order valence-corrected chi connectivity index (χ1v) is 6.56. The number of aromatic nitrogens is 1. The number of pyridine rings is 1. The summed E-state index contributed by atoms with van der Waals surface area (Å²) in [5.74, 6) is 0.889. The highest BCUT2D eigenvalue weighted by molar-refractivity contribution is 9.10. The van der Waals surface area contributed by atoms with Crippen molar-refractivity contribution in [2.24, 2.45) is 0 Å². The van der Waals surface area contributed by atoms with Crippen molar-refractivity contribution in [3.8, 4) is 0 Å². The van der Waals surface area contributed by atoms with Crippen LogP contribution in [0.1, 0.15) is 25.8 Å². The first-order chi connectivity index (χ1) is 7.99. The van der Waals surface area contributed by atoms with Crippen LogP contribution in [0.5, 0.6) is 0 Å². The molecule has 0 unspecified atom stereocenters. The molecule has 0 aliphatic carbocycles. The van der Waals surface area contributed by atoms with Gasteiger partial charge in [-0.2, -0.15) is 0 Å². The van der Waals surface area contributed by atoms with Crippen LogP contribution in [0, 0.1) is 6.92 Å². The van der Waals surface area contributed by atoms with E-state index in [4.69, 9.17) is 10.8 Å². The van der Waals surface area contributed by atoms with Gasteiger partial charge in [0.15, 0.2) is 0 Å². The van der Waals surface area contributed by atoms with Crippen molar-refractivity contribution in [1.82, 2.24) is 4.98 Å². The van der Waals surface area contributed by atoms with E-state index in [9.17, 15) is 0 Å². The van der Waals surface area contributed by atoms with Crippen molar-refractivity contribution >= 4 is 27.4 Å². The number of nitrogen functional groups attached to an aromatic ring is 1. The molecule has 0 saturated carbocycles. The van der Waals surface area contributed by atoms with Gasteiger partial charge in [-0.25, -0.2) is 4.98 Å². The van der Waals surface area contributed by atoms with E-state index in [0.717, 1.165) is 28.8 Å². The van der Waals surface area contributed by atoms with Crippen LogP contribution >= 0.6 is 15.9 Å². The lowest BCUT2D eigenvalue weighted by Crippen LogP contribution is -2.33. The fourth-order valence-corrected chi connectivity index (χ4v) is 2.19. The van der Waals surface area contributed by atoms with E-state index in [-0.39, 0.29) is 6.61 Å². The summed E-state index contributed by atoms with van der Waals surface area (Å²) in [4.78, 5) is 6.55. The number of hydrogen-bond donors (Lipinski definition) is 2. The third kappa shape index (κ3) is 3.33. The van der Waals surface area contributed by atoms with Gasteiger partial charge in [0, 0.05) is 19.2 Å². The van der Waals surface area contributed by atoms with E-state index < -0.39 is 0 Å². The monoisotopic (exact) mass is 301 g/mol. The average Bonchev–Trinajstić information content (AvgIpc) is 2.28. The third-order valence-electron chi connectivity index (χ3n) is 2.74. The lowest BCUT2D eigenvalue weighted by molar-refractivity contribution is 0.288. The standard InChI is InChI=1S/C12H20BrN3O/c1-8(2)16(5-4-6-17)12-11(13)9(3)10(14)7-15-12/h7-8,17H,4-6,14H2,1-3H3. The molecule has 0 aliphatic rings. The number of nitrogens with zero attached hydrogens (tertiary/aromatic N) is 2. The lowest BCUT2D eigenvalue weighted by Gasteiger charge is -2.29. The molecule has 0 aromatic carbocycles. The molecule has 4 nitrogen and oxygen atoms in total. The number of rotatable bonds is 5. The number of aliphatic hydroxyl groups is 1. The van der Waals surface area contributed by atoms with E-state index in [2.05, 4.69) is 39.7 Å². The van der Waals surface area contributed by atoms with Gasteiger partial charge in [0.25, 0.3) is 0 Å². The molecule has 1 heterocycles. The molecule has 0 atom stereocenters. The summed E-state index contributed by atoms with van der Waals surface area (Å²) in [5, 5.41) is 8.93. The molecular weight excluding hydrogens is 282 g/mol. The molecule has 1 aromatic heterocycles. The third-order valence-corrected chi connectivity index (χ3v) is 3.69. The molecule has 0 aliphatic heterocycles.